The molecule has 1 heterocycles. The lowest BCUT2D eigenvalue weighted by Gasteiger charge is -2.19. The molecule has 0 radical (unpaired) electrons. The third-order valence-electron chi connectivity index (χ3n) is 3.19. The summed E-state index contributed by atoms with van der Waals surface area (Å²) < 4.78 is 2.25. The summed E-state index contributed by atoms with van der Waals surface area (Å²) in [6.07, 6.45) is 3.41. The third-order valence-corrected chi connectivity index (χ3v) is 5.04. The fourth-order valence-electron chi connectivity index (χ4n) is 2.22. The van der Waals surface area contributed by atoms with E-state index in [1.54, 1.807) is 0 Å². The number of thiophene rings is 1. The highest BCUT2D eigenvalue weighted by atomic mass is 79.9. The number of benzene rings is 1. The zero-order chi connectivity index (χ0) is 14.4. The Bertz CT molecular complexity index is 505. The Morgan fingerprint density at radius 2 is 1.95 bits per heavy atom. The van der Waals surface area contributed by atoms with Crippen molar-refractivity contribution in [2.24, 2.45) is 0 Å². The highest BCUT2D eigenvalue weighted by Crippen LogP contribution is 2.27. The first-order valence-corrected chi connectivity index (χ1v) is 9.37. The van der Waals surface area contributed by atoms with Crippen molar-refractivity contribution in [1.29, 1.82) is 0 Å². The summed E-state index contributed by atoms with van der Waals surface area (Å²) in [4.78, 5) is 1.46. The SMILES string of the molecule is CCCNC(CCc1cccs1)c1cc(Br)cc(Br)c1. The molecule has 0 aliphatic carbocycles. The fourth-order valence-corrected chi connectivity index (χ4v) is 4.28. The lowest BCUT2D eigenvalue weighted by Crippen LogP contribution is -2.22. The first-order chi connectivity index (χ1) is 9.69. The molecule has 108 valence electrons. The van der Waals surface area contributed by atoms with Crippen LogP contribution in [0.3, 0.4) is 0 Å². The fraction of sp³-hybridized carbons (Fsp3) is 0.375. The average molecular weight is 417 g/mol. The molecular formula is C16H19Br2NS. The molecule has 2 rings (SSSR count). The maximum absolute atomic E-state index is 3.67. The summed E-state index contributed by atoms with van der Waals surface area (Å²) in [7, 11) is 0. The molecule has 1 aromatic heterocycles. The van der Waals surface area contributed by atoms with Crippen LogP contribution in [0.2, 0.25) is 0 Å². The number of aryl methyl sites for hydroxylation is 1. The molecule has 2 aromatic rings. The van der Waals surface area contributed by atoms with Gasteiger partial charge in [-0.15, -0.1) is 11.3 Å². The van der Waals surface area contributed by atoms with Gasteiger partial charge in [0.25, 0.3) is 0 Å². The van der Waals surface area contributed by atoms with Crippen molar-refractivity contribution in [3.63, 3.8) is 0 Å². The van der Waals surface area contributed by atoms with Gasteiger partial charge in [0.1, 0.15) is 0 Å². The van der Waals surface area contributed by atoms with Crippen LogP contribution >= 0.6 is 43.2 Å². The van der Waals surface area contributed by atoms with Crippen LogP contribution in [0, 0.1) is 0 Å². The van der Waals surface area contributed by atoms with Crippen molar-refractivity contribution in [3.8, 4) is 0 Å². The molecule has 1 nitrogen and oxygen atoms in total. The number of rotatable bonds is 7. The van der Waals surface area contributed by atoms with E-state index >= 15 is 0 Å². The van der Waals surface area contributed by atoms with Crippen LogP contribution < -0.4 is 5.32 Å². The Hall–Kier alpha value is -0.160. The van der Waals surface area contributed by atoms with Crippen LogP contribution in [-0.2, 0) is 6.42 Å². The molecule has 0 saturated carbocycles. The van der Waals surface area contributed by atoms with Crippen LogP contribution in [-0.4, -0.2) is 6.54 Å². The van der Waals surface area contributed by atoms with E-state index in [0.717, 1.165) is 34.8 Å². The Balaban J connectivity index is 2.09. The van der Waals surface area contributed by atoms with Gasteiger partial charge in [0.15, 0.2) is 0 Å². The monoisotopic (exact) mass is 415 g/mol. The second-order valence-corrected chi connectivity index (χ2v) is 7.69. The summed E-state index contributed by atoms with van der Waals surface area (Å²) >= 11 is 9.01. The predicted molar refractivity (Wildman–Crippen MR) is 95.5 cm³/mol. The van der Waals surface area contributed by atoms with Crippen LogP contribution in [0.1, 0.15) is 36.2 Å². The second-order valence-electron chi connectivity index (χ2n) is 4.83. The van der Waals surface area contributed by atoms with Gasteiger partial charge in [0.2, 0.25) is 0 Å². The van der Waals surface area contributed by atoms with Gasteiger partial charge in [0, 0.05) is 19.9 Å². The summed E-state index contributed by atoms with van der Waals surface area (Å²) in [6, 6.07) is 11.3. The molecule has 0 amide bonds. The summed E-state index contributed by atoms with van der Waals surface area (Å²) in [6.45, 7) is 3.26. The molecule has 1 atom stereocenters. The summed E-state index contributed by atoms with van der Waals surface area (Å²) in [5.74, 6) is 0. The first kappa shape index (κ1) is 16.2. The molecule has 0 aliphatic heterocycles. The van der Waals surface area contributed by atoms with Crippen LogP contribution in [0.4, 0.5) is 0 Å². The van der Waals surface area contributed by atoms with Crippen molar-refractivity contribution in [3.05, 3.63) is 55.1 Å². The molecular weight excluding hydrogens is 398 g/mol. The Kier molecular flexibility index (Phi) is 6.75. The molecule has 1 unspecified atom stereocenters. The van der Waals surface area contributed by atoms with Crippen LogP contribution in [0.25, 0.3) is 0 Å². The van der Waals surface area contributed by atoms with Gasteiger partial charge >= 0.3 is 0 Å². The highest BCUT2D eigenvalue weighted by molar-refractivity contribution is 9.11. The quantitative estimate of drug-likeness (QED) is 0.588. The molecule has 1 aromatic carbocycles. The van der Waals surface area contributed by atoms with Gasteiger partial charge < -0.3 is 5.32 Å². The zero-order valence-corrected chi connectivity index (χ0v) is 15.5. The van der Waals surface area contributed by atoms with E-state index in [4.69, 9.17) is 0 Å². The van der Waals surface area contributed by atoms with Crippen LogP contribution in [0.15, 0.2) is 44.7 Å². The van der Waals surface area contributed by atoms with Crippen molar-refractivity contribution >= 4 is 43.2 Å². The molecule has 0 spiro atoms. The van der Waals surface area contributed by atoms with Crippen molar-refractivity contribution in [2.75, 3.05) is 6.54 Å². The molecule has 0 saturated heterocycles. The lowest BCUT2D eigenvalue weighted by molar-refractivity contribution is 0.500. The smallest absolute Gasteiger partial charge is 0.0324 e. The van der Waals surface area contributed by atoms with Gasteiger partial charge in [0.05, 0.1) is 0 Å². The maximum atomic E-state index is 3.67. The van der Waals surface area contributed by atoms with Gasteiger partial charge in [-0.05, 0) is 61.0 Å². The van der Waals surface area contributed by atoms with Crippen molar-refractivity contribution in [1.82, 2.24) is 5.32 Å². The zero-order valence-electron chi connectivity index (χ0n) is 11.5. The average Bonchev–Trinajstić information content (AvgIpc) is 2.91. The molecule has 0 bridgehead atoms. The van der Waals surface area contributed by atoms with E-state index in [0.29, 0.717) is 6.04 Å². The van der Waals surface area contributed by atoms with Crippen molar-refractivity contribution in [2.45, 2.75) is 32.2 Å². The second kappa shape index (κ2) is 8.32. The Morgan fingerprint density at radius 3 is 2.55 bits per heavy atom. The standard InChI is InChI=1S/C16H19Br2NS/c1-2-7-19-16(6-5-15-4-3-8-20-15)12-9-13(17)11-14(18)10-12/h3-4,8-11,16,19H,2,5-7H2,1H3. The first-order valence-electron chi connectivity index (χ1n) is 6.90. The molecule has 4 heteroatoms. The molecule has 1 N–H and O–H groups in total. The minimum absolute atomic E-state index is 0.408. The normalized spacial score (nSPS) is 12.6. The van der Waals surface area contributed by atoms with E-state index in [2.05, 4.69) is 79.8 Å². The summed E-state index contributed by atoms with van der Waals surface area (Å²) in [5.41, 5.74) is 1.34. The van der Waals surface area contributed by atoms with Crippen LogP contribution in [0.5, 0.6) is 0 Å². The molecule has 0 fully saturated rings. The topological polar surface area (TPSA) is 12.0 Å². The van der Waals surface area contributed by atoms with E-state index in [9.17, 15) is 0 Å². The number of hydrogen-bond acceptors (Lipinski definition) is 2. The number of nitrogens with one attached hydrogen (secondary N) is 1. The molecule has 20 heavy (non-hydrogen) atoms. The highest BCUT2D eigenvalue weighted by Gasteiger charge is 2.12. The number of halogens is 2. The molecule has 0 aliphatic rings. The van der Waals surface area contributed by atoms with Crippen molar-refractivity contribution < 1.29 is 0 Å². The third kappa shape index (κ3) is 4.99. The van der Waals surface area contributed by atoms with Gasteiger partial charge in [-0.25, -0.2) is 0 Å². The predicted octanol–water partition coefficient (Wildman–Crippen LogP) is 5.95. The minimum Gasteiger partial charge on any atom is -0.310 e. The van der Waals surface area contributed by atoms with E-state index in [1.807, 2.05) is 11.3 Å². The van der Waals surface area contributed by atoms with E-state index < -0.39 is 0 Å². The van der Waals surface area contributed by atoms with Gasteiger partial charge in [-0.2, -0.15) is 0 Å². The van der Waals surface area contributed by atoms with Gasteiger partial charge in [-0.3, -0.25) is 0 Å². The number of hydrogen-bond donors (Lipinski definition) is 1. The van der Waals surface area contributed by atoms with E-state index in [-0.39, 0.29) is 0 Å². The Labute approximate surface area is 142 Å². The van der Waals surface area contributed by atoms with Gasteiger partial charge in [-0.1, -0.05) is 44.8 Å². The van der Waals surface area contributed by atoms with E-state index in [1.165, 1.54) is 10.4 Å². The lowest BCUT2D eigenvalue weighted by atomic mass is 10.0. The Morgan fingerprint density at radius 1 is 1.20 bits per heavy atom. The largest absolute Gasteiger partial charge is 0.310 e. The minimum atomic E-state index is 0.408. The maximum Gasteiger partial charge on any atom is 0.0324 e. The summed E-state index contributed by atoms with van der Waals surface area (Å²) in [5, 5.41) is 5.82.